The Labute approximate surface area is 169 Å². The zero-order valence-electron chi connectivity index (χ0n) is 16.4. The Hall–Kier alpha value is -2.99. The maximum Gasteiger partial charge on any atom is 0.220 e. The molecule has 0 aliphatic carbocycles. The minimum absolute atomic E-state index is 0.00386. The van der Waals surface area contributed by atoms with Crippen LogP contribution in [0.5, 0.6) is 0 Å². The lowest BCUT2D eigenvalue weighted by Gasteiger charge is -2.33. The van der Waals surface area contributed by atoms with E-state index in [-0.39, 0.29) is 23.8 Å². The maximum atomic E-state index is 13.7. The fourth-order valence-electron chi connectivity index (χ4n) is 3.85. The van der Waals surface area contributed by atoms with E-state index >= 15 is 0 Å². The third kappa shape index (κ3) is 4.54. The predicted molar refractivity (Wildman–Crippen MR) is 110 cm³/mol. The van der Waals surface area contributed by atoms with Gasteiger partial charge < -0.3 is 10.6 Å². The summed E-state index contributed by atoms with van der Waals surface area (Å²) in [6.45, 7) is 3.45. The molecule has 2 N–H and O–H groups in total. The third-order valence-corrected chi connectivity index (χ3v) is 5.54. The van der Waals surface area contributed by atoms with E-state index in [4.69, 9.17) is 0 Å². The van der Waals surface area contributed by atoms with Gasteiger partial charge in [0.1, 0.15) is 5.82 Å². The van der Waals surface area contributed by atoms with Gasteiger partial charge in [0, 0.05) is 30.3 Å². The highest BCUT2D eigenvalue weighted by atomic mass is 19.1. The topological polar surface area (TPSA) is 59.0 Å². The molecule has 0 saturated carbocycles. The van der Waals surface area contributed by atoms with Crippen LogP contribution < -0.4 is 10.6 Å². The van der Waals surface area contributed by atoms with Crippen LogP contribution in [-0.2, 0) is 17.9 Å². The van der Waals surface area contributed by atoms with Crippen molar-refractivity contribution in [1.29, 1.82) is 0 Å². The van der Waals surface area contributed by atoms with Crippen LogP contribution in [0.4, 0.5) is 4.39 Å². The van der Waals surface area contributed by atoms with E-state index in [1.54, 1.807) is 6.07 Å². The SMILES string of the molecule is Cc1c(CN[C@@H]2CCC(=O)N[C@H]2c2cccc(F)c2)cnn1Cc1ccccc1. The number of carbonyl (C=O) groups excluding carboxylic acids is 1. The first-order chi connectivity index (χ1) is 14.1. The number of amides is 1. The van der Waals surface area contributed by atoms with Crippen molar-refractivity contribution in [3.8, 4) is 0 Å². The largest absolute Gasteiger partial charge is 0.348 e. The van der Waals surface area contributed by atoms with Crippen LogP contribution in [0, 0.1) is 12.7 Å². The zero-order valence-corrected chi connectivity index (χ0v) is 16.4. The first kappa shape index (κ1) is 19.3. The summed E-state index contributed by atoms with van der Waals surface area (Å²) in [4.78, 5) is 11.9. The van der Waals surface area contributed by atoms with E-state index in [2.05, 4.69) is 34.8 Å². The van der Waals surface area contributed by atoms with Gasteiger partial charge in [-0.3, -0.25) is 9.48 Å². The standard InChI is InChI=1S/C23H25FN4O/c1-16-19(14-26-28(16)15-17-6-3-2-4-7-17)13-25-21-10-11-22(29)27-23(21)18-8-5-9-20(24)12-18/h2-9,12,14,21,23,25H,10-11,13,15H2,1H3,(H,27,29)/t21-,23+/m1/s1. The number of hydrogen-bond donors (Lipinski definition) is 2. The summed E-state index contributed by atoms with van der Waals surface area (Å²) in [5.74, 6) is -0.289. The average Bonchev–Trinajstić information content (AvgIpc) is 3.07. The Morgan fingerprint density at radius 2 is 2.03 bits per heavy atom. The number of hydrogen-bond acceptors (Lipinski definition) is 3. The lowest BCUT2D eigenvalue weighted by molar-refractivity contribution is -0.123. The van der Waals surface area contributed by atoms with Crippen LogP contribution in [0.25, 0.3) is 0 Å². The van der Waals surface area contributed by atoms with E-state index in [9.17, 15) is 9.18 Å². The summed E-state index contributed by atoms with van der Waals surface area (Å²) in [7, 11) is 0. The number of benzene rings is 2. The number of nitrogens with zero attached hydrogens (tertiary/aromatic N) is 2. The number of halogens is 1. The summed E-state index contributed by atoms with van der Waals surface area (Å²) < 4.78 is 15.7. The van der Waals surface area contributed by atoms with Crippen molar-refractivity contribution in [3.05, 3.63) is 89.0 Å². The van der Waals surface area contributed by atoms with Crippen LogP contribution in [-0.4, -0.2) is 21.7 Å². The van der Waals surface area contributed by atoms with Gasteiger partial charge in [0.05, 0.1) is 18.8 Å². The average molecular weight is 392 g/mol. The molecule has 1 aliphatic rings. The molecule has 2 aromatic carbocycles. The molecule has 0 spiro atoms. The lowest BCUT2D eigenvalue weighted by atomic mass is 9.91. The molecule has 29 heavy (non-hydrogen) atoms. The highest BCUT2D eigenvalue weighted by molar-refractivity contribution is 5.77. The van der Waals surface area contributed by atoms with E-state index in [0.717, 1.165) is 23.4 Å². The molecule has 0 radical (unpaired) electrons. The maximum absolute atomic E-state index is 13.7. The normalized spacial score (nSPS) is 19.2. The number of rotatable bonds is 6. The van der Waals surface area contributed by atoms with Gasteiger partial charge in [-0.15, -0.1) is 0 Å². The highest BCUT2D eigenvalue weighted by Crippen LogP contribution is 2.25. The van der Waals surface area contributed by atoms with Crippen LogP contribution >= 0.6 is 0 Å². The van der Waals surface area contributed by atoms with Crippen LogP contribution in [0.2, 0.25) is 0 Å². The van der Waals surface area contributed by atoms with E-state index in [1.807, 2.05) is 35.1 Å². The molecular weight excluding hydrogens is 367 g/mol. The number of carbonyl (C=O) groups is 1. The molecule has 2 heterocycles. The molecule has 5 nitrogen and oxygen atoms in total. The second kappa shape index (κ2) is 8.57. The molecule has 2 atom stereocenters. The number of nitrogens with one attached hydrogen (secondary N) is 2. The minimum Gasteiger partial charge on any atom is -0.348 e. The molecule has 1 aliphatic heterocycles. The second-order valence-corrected chi connectivity index (χ2v) is 7.52. The molecule has 3 aromatic rings. The monoisotopic (exact) mass is 392 g/mol. The van der Waals surface area contributed by atoms with Gasteiger partial charge in [0.25, 0.3) is 0 Å². The Bertz CT molecular complexity index is 986. The second-order valence-electron chi connectivity index (χ2n) is 7.52. The molecule has 1 fully saturated rings. The van der Waals surface area contributed by atoms with Crippen molar-refractivity contribution in [2.24, 2.45) is 0 Å². The summed E-state index contributed by atoms with van der Waals surface area (Å²) in [5, 5.41) is 11.1. The van der Waals surface area contributed by atoms with Gasteiger partial charge in [-0.2, -0.15) is 5.10 Å². The molecule has 1 aromatic heterocycles. The van der Waals surface area contributed by atoms with Gasteiger partial charge in [0.2, 0.25) is 5.91 Å². The first-order valence-corrected chi connectivity index (χ1v) is 9.93. The Morgan fingerprint density at radius 3 is 2.83 bits per heavy atom. The van der Waals surface area contributed by atoms with Crippen LogP contribution in [0.1, 0.15) is 41.3 Å². The fourth-order valence-corrected chi connectivity index (χ4v) is 3.85. The Kier molecular flexibility index (Phi) is 5.71. The van der Waals surface area contributed by atoms with Crippen molar-refractivity contribution < 1.29 is 9.18 Å². The van der Waals surface area contributed by atoms with Gasteiger partial charge in [-0.1, -0.05) is 42.5 Å². The predicted octanol–water partition coefficient (Wildman–Crippen LogP) is 3.49. The number of piperidine rings is 1. The summed E-state index contributed by atoms with van der Waals surface area (Å²) in [6, 6.07) is 16.5. The van der Waals surface area contributed by atoms with Crippen molar-refractivity contribution in [1.82, 2.24) is 20.4 Å². The van der Waals surface area contributed by atoms with Crippen molar-refractivity contribution >= 4 is 5.91 Å². The zero-order chi connectivity index (χ0) is 20.2. The molecule has 1 saturated heterocycles. The lowest BCUT2D eigenvalue weighted by Crippen LogP contribution is -2.48. The van der Waals surface area contributed by atoms with Gasteiger partial charge in [0.15, 0.2) is 0 Å². The van der Waals surface area contributed by atoms with E-state index in [1.165, 1.54) is 17.7 Å². The Balaban J connectivity index is 1.45. The number of aromatic nitrogens is 2. The van der Waals surface area contributed by atoms with E-state index in [0.29, 0.717) is 19.4 Å². The van der Waals surface area contributed by atoms with Crippen molar-refractivity contribution in [2.45, 2.75) is 44.9 Å². The summed E-state index contributed by atoms with van der Waals surface area (Å²) in [6.07, 6.45) is 3.07. The smallest absolute Gasteiger partial charge is 0.220 e. The van der Waals surface area contributed by atoms with Gasteiger partial charge in [-0.25, -0.2) is 4.39 Å². The first-order valence-electron chi connectivity index (χ1n) is 9.93. The van der Waals surface area contributed by atoms with Gasteiger partial charge >= 0.3 is 0 Å². The van der Waals surface area contributed by atoms with Crippen LogP contribution in [0.15, 0.2) is 60.8 Å². The summed E-state index contributed by atoms with van der Waals surface area (Å²) >= 11 is 0. The van der Waals surface area contributed by atoms with Crippen LogP contribution in [0.3, 0.4) is 0 Å². The molecular formula is C23H25FN4O. The van der Waals surface area contributed by atoms with Gasteiger partial charge in [-0.05, 0) is 36.6 Å². The fraction of sp³-hybridized carbons (Fsp3) is 0.304. The molecule has 6 heteroatoms. The molecule has 150 valence electrons. The van der Waals surface area contributed by atoms with E-state index < -0.39 is 0 Å². The quantitative estimate of drug-likeness (QED) is 0.675. The molecule has 1 amide bonds. The third-order valence-electron chi connectivity index (χ3n) is 5.54. The van der Waals surface area contributed by atoms with Crippen molar-refractivity contribution in [2.75, 3.05) is 0 Å². The van der Waals surface area contributed by atoms with Crippen molar-refractivity contribution in [3.63, 3.8) is 0 Å². The molecule has 4 rings (SSSR count). The molecule has 0 bridgehead atoms. The molecule has 0 unspecified atom stereocenters. The Morgan fingerprint density at radius 1 is 1.21 bits per heavy atom. The highest BCUT2D eigenvalue weighted by Gasteiger charge is 2.30. The summed E-state index contributed by atoms with van der Waals surface area (Å²) in [5.41, 5.74) is 4.23. The minimum atomic E-state index is -0.292.